The quantitative estimate of drug-likeness (QED) is 0.649. The number of hydrogen-bond acceptors (Lipinski definition) is 4. The number of carbonyl (C=O) groups excluding carboxylic acids is 2. The minimum absolute atomic E-state index is 0.109. The van der Waals surface area contributed by atoms with Crippen molar-refractivity contribution < 1.29 is 14.2 Å². The van der Waals surface area contributed by atoms with Crippen LogP contribution >= 0.6 is 0 Å². The average Bonchev–Trinajstić information content (AvgIpc) is 2.73. The number of hydrazone groups is 1. The highest BCUT2D eigenvalue weighted by Crippen LogP contribution is 2.31. The molecule has 1 fully saturated rings. The van der Waals surface area contributed by atoms with Gasteiger partial charge in [-0.05, 0) is 27.7 Å². The van der Waals surface area contributed by atoms with Gasteiger partial charge in [-0.15, -0.1) is 0 Å². The van der Waals surface area contributed by atoms with E-state index in [1.165, 1.54) is 4.90 Å². The molecule has 3 amide bonds. The summed E-state index contributed by atoms with van der Waals surface area (Å²) in [5.41, 5.74) is 3.43. The second-order valence-corrected chi connectivity index (χ2v) is 6.99. The lowest BCUT2D eigenvalue weighted by atomic mass is 9.97. The first-order valence-electron chi connectivity index (χ1n) is 7.24. The molecule has 0 saturated carbocycles. The zero-order valence-electron chi connectivity index (χ0n) is 13.2. The number of carbonyl (C=O) groups is 2. The Bertz CT molecular complexity index is 587. The van der Waals surface area contributed by atoms with Gasteiger partial charge < -0.3 is 4.90 Å². The van der Waals surface area contributed by atoms with E-state index >= 15 is 0 Å². The summed E-state index contributed by atoms with van der Waals surface area (Å²) in [6, 6.07) is -0.654. The van der Waals surface area contributed by atoms with Gasteiger partial charge in [0.1, 0.15) is 6.54 Å². The Labute approximate surface area is 124 Å². The summed E-state index contributed by atoms with van der Waals surface area (Å²) in [5.74, 6) is 0.821. The number of urea groups is 1. The Morgan fingerprint density at radius 3 is 2.62 bits per heavy atom. The number of hydrogen-bond donors (Lipinski definition) is 1. The highest BCUT2D eigenvalue weighted by Gasteiger charge is 2.56. The molecular weight excluding hydrogens is 270 g/mol. The molecule has 0 aromatic rings. The van der Waals surface area contributed by atoms with Gasteiger partial charge in [0, 0.05) is 12.6 Å². The second kappa shape index (κ2) is 4.29. The highest BCUT2D eigenvalue weighted by molar-refractivity contribution is 6.03. The first-order chi connectivity index (χ1) is 9.71. The molecule has 1 saturated heterocycles. The molecule has 3 rings (SSSR count). The molecule has 0 aromatic carbocycles. The maximum absolute atomic E-state index is 12.9. The van der Waals surface area contributed by atoms with Crippen molar-refractivity contribution in [1.29, 1.82) is 0 Å². The Morgan fingerprint density at radius 1 is 1.33 bits per heavy atom. The fourth-order valence-electron chi connectivity index (χ4n) is 3.34. The van der Waals surface area contributed by atoms with Gasteiger partial charge in [0.15, 0.2) is 6.04 Å². The third-order valence-electron chi connectivity index (χ3n) is 4.36. The lowest BCUT2D eigenvalue weighted by Gasteiger charge is -2.44. The van der Waals surface area contributed by atoms with E-state index in [9.17, 15) is 9.59 Å². The van der Waals surface area contributed by atoms with Gasteiger partial charge in [-0.3, -0.25) is 9.69 Å². The van der Waals surface area contributed by atoms with E-state index in [4.69, 9.17) is 0 Å². The van der Waals surface area contributed by atoms with E-state index in [0.29, 0.717) is 13.0 Å². The van der Waals surface area contributed by atoms with Gasteiger partial charge in [0.25, 0.3) is 11.7 Å². The summed E-state index contributed by atoms with van der Waals surface area (Å²) in [7, 11) is 1.78. The molecule has 21 heavy (non-hydrogen) atoms. The maximum Gasteiger partial charge on any atom is 0.327 e. The minimum atomic E-state index is -0.525. The molecule has 7 heteroatoms. The molecule has 0 aliphatic carbocycles. The molecule has 7 nitrogen and oxygen atoms in total. The summed E-state index contributed by atoms with van der Waals surface area (Å²) in [4.78, 5) is 28.6. The van der Waals surface area contributed by atoms with Crippen LogP contribution in [0.25, 0.3) is 0 Å². The van der Waals surface area contributed by atoms with Crippen LogP contribution in [0.4, 0.5) is 4.79 Å². The van der Waals surface area contributed by atoms with Gasteiger partial charge in [0.05, 0.1) is 18.2 Å². The van der Waals surface area contributed by atoms with E-state index in [-0.39, 0.29) is 24.0 Å². The summed E-state index contributed by atoms with van der Waals surface area (Å²) in [6.07, 6.45) is 0.646. The van der Waals surface area contributed by atoms with Gasteiger partial charge in [-0.25, -0.2) is 9.37 Å². The van der Waals surface area contributed by atoms with Crippen molar-refractivity contribution in [2.24, 2.45) is 5.10 Å². The van der Waals surface area contributed by atoms with Crippen molar-refractivity contribution in [1.82, 2.24) is 15.2 Å². The van der Waals surface area contributed by atoms with Crippen molar-refractivity contribution >= 4 is 23.5 Å². The molecular formula is C14H22N5O2+. The normalized spacial score (nSPS) is 29.3. The zero-order chi connectivity index (χ0) is 15.5. The summed E-state index contributed by atoms with van der Waals surface area (Å²) in [6.45, 7) is 8.23. The van der Waals surface area contributed by atoms with Crippen LogP contribution in [0.15, 0.2) is 5.10 Å². The number of amidine groups is 1. The third-order valence-corrected chi connectivity index (χ3v) is 4.36. The van der Waals surface area contributed by atoms with Crippen LogP contribution in [0.5, 0.6) is 0 Å². The number of nitrogens with zero attached hydrogens (tertiary/aromatic N) is 4. The third kappa shape index (κ3) is 1.94. The van der Waals surface area contributed by atoms with Crippen LogP contribution < -0.4 is 5.43 Å². The molecule has 0 aromatic heterocycles. The topological polar surface area (TPSA) is 68.0 Å². The predicted molar refractivity (Wildman–Crippen MR) is 78.3 cm³/mol. The highest BCUT2D eigenvalue weighted by atomic mass is 16.2. The minimum Gasteiger partial charge on any atom is -0.319 e. The Hall–Kier alpha value is -1.92. The van der Waals surface area contributed by atoms with Crippen LogP contribution in [0, 0.1) is 0 Å². The SMILES string of the molecule is CC1=NNC2=[N+](C1)C1C(=O)N(C(C)(C)C)C(=O)N(C)C1C2. The monoisotopic (exact) mass is 292 g/mol. The van der Waals surface area contributed by atoms with Crippen LogP contribution in [-0.2, 0) is 4.79 Å². The van der Waals surface area contributed by atoms with E-state index in [1.807, 2.05) is 27.7 Å². The molecule has 0 radical (unpaired) electrons. The number of rotatable bonds is 0. The van der Waals surface area contributed by atoms with Crippen molar-refractivity contribution in [2.45, 2.75) is 51.7 Å². The Kier molecular flexibility index (Phi) is 2.86. The average molecular weight is 292 g/mol. The van der Waals surface area contributed by atoms with Crippen LogP contribution in [0.1, 0.15) is 34.1 Å². The number of amides is 3. The fraction of sp³-hybridized carbons (Fsp3) is 0.714. The van der Waals surface area contributed by atoms with Gasteiger partial charge >= 0.3 is 6.03 Å². The fourth-order valence-corrected chi connectivity index (χ4v) is 3.34. The molecule has 1 N–H and O–H groups in total. The molecule has 114 valence electrons. The van der Waals surface area contributed by atoms with Crippen LogP contribution in [-0.4, -0.2) is 69.1 Å². The molecule has 0 spiro atoms. The molecule has 3 heterocycles. The first kappa shape index (κ1) is 14.0. The Morgan fingerprint density at radius 2 is 2.00 bits per heavy atom. The van der Waals surface area contributed by atoms with E-state index < -0.39 is 5.54 Å². The second-order valence-electron chi connectivity index (χ2n) is 6.99. The molecule has 3 aliphatic heterocycles. The summed E-state index contributed by atoms with van der Waals surface area (Å²) >= 11 is 0. The van der Waals surface area contributed by atoms with Gasteiger partial charge in [0.2, 0.25) is 0 Å². The van der Waals surface area contributed by atoms with Gasteiger partial charge in [-0.1, -0.05) is 5.10 Å². The Balaban J connectivity index is 2.00. The number of likely N-dealkylation sites (N-methyl/N-ethyl adjacent to an activating group) is 1. The van der Waals surface area contributed by atoms with Crippen molar-refractivity contribution in [3.05, 3.63) is 0 Å². The van der Waals surface area contributed by atoms with E-state index in [2.05, 4.69) is 15.1 Å². The van der Waals surface area contributed by atoms with E-state index in [1.54, 1.807) is 11.9 Å². The maximum atomic E-state index is 12.9. The number of fused-ring (bicyclic) bond motifs is 2. The lowest BCUT2D eigenvalue weighted by molar-refractivity contribution is -0.540. The largest absolute Gasteiger partial charge is 0.327 e. The lowest BCUT2D eigenvalue weighted by Crippen LogP contribution is -2.68. The molecule has 2 atom stereocenters. The van der Waals surface area contributed by atoms with E-state index in [0.717, 1.165) is 11.5 Å². The smallest absolute Gasteiger partial charge is 0.319 e. The first-order valence-corrected chi connectivity index (χ1v) is 7.24. The molecule has 0 bridgehead atoms. The predicted octanol–water partition coefficient (Wildman–Crippen LogP) is 0.210. The molecule has 3 aliphatic rings. The number of imide groups is 1. The number of nitrogens with one attached hydrogen (secondary N) is 1. The van der Waals surface area contributed by atoms with Crippen molar-refractivity contribution in [3.63, 3.8) is 0 Å². The standard InChI is InChI=1S/C14H21N5O2/c1-8-7-18-10(16-15-8)6-9-11(18)12(20)19(14(2,3)4)13(21)17(9)5/h9,11H,6-7H2,1-5H3/p+1. The van der Waals surface area contributed by atoms with Crippen molar-refractivity contribution in [3.8, 4) is 0 Å². The summed E-state index contributed by atoms with van der Waals surface area (Å²) < 4.78 is 2.05. The zero-order valence-corrected chi connectivity index (χ0v) is 13.2. The van der Waals surface area contributed by atoms with Crippen molar-refractivity contribution in [2.75, 3.05) is 13.6 Å². The molecule has 2 unspecified atom stereocenters. The van der Waals surface area contributed by atoms with Crippen LogP contribution in [0.3, 0.4) is 0 Å². The van der Waals surface area contributed by atoms with Gasteiger partial charge in [-0.2, -0.15) is 5.43 Å². The summed E-state index contributed by atoms with van der Waals surface area (Å²) in [5, 5.41) is 4.23. The van der Waals surface area contributed by atoms with Crippen LogP contribution in [0.2, 0.25) is 0 Å².